The van der Waals surface area contributed by atoms with E-state index in [1.54, 1.807) is 6.20 Å². The van der Waals surface area contributed by atoms with Crippen LogP contribution in [0.4, 0.5) is 4.39 Å². The molecule has 0 aliphatic heterocycles. The van der Waals surface area contributed by atoms with Gasteiger partial charge in [0, 0.05) is 16.8 Å². The number of hydrogen-bond donors (Lipinski definition) is 0. The van der Waals surface area contributed by atoms with Gasteiger partial charge in [0.25, 0.3) is 0 Å². The van der Waals surface area contributed by atoms with Crippen molar-refractivity contribution in [3.63, 3.8) is 0 Å². The van der Waals surface area contributed by atoms with Crippen LogP contribution in [-0.4, -0.2) is 9.97 Å². The quantitative estimate of drug-likeness (QED) is 0.708. The molecule has 3 rings (SSSR count). The fourth-order valence-electron chi connectivity index (χ4n) is 2.68. The van der Waals surface area contributed by atoms with E-state index in [2.05, 4.69) is 9.97 Å². The Morgan fingerprint density at radius 3 is 2.60 bits per heavy atom. The summed E-state index contributed by atoms with van der Waals surface area (Å²) >= 11 is 12.1. The molecule has 1 aromatic carbocycles. The molecular weight excluding hydrogens is 298 g/mol. The second-order valence-corrected chi connectivity index (χ2v) is 5.84. The maximum atomic E-state index is 13.8. The van der Waals surface area contributed by atoms with Crippen molar-refractivity contribution >= 4 is 23.2 Å². The van der Waals surface area contributed by atoms with Crippen molar-refractivity contribution < 1.29 is 4.39 Å². The topological polar surface area (TPSA) is 25.8 Å². The summed E-state index contributed by atoms with van der Waals surface area (Å²) in [4.78, 5) is 8.51. The molecule has 0 amide bonds. The van der Waals surface area contributed by atoms with Crippen LogP contribution in [0, 0.1) is 5.82 Å². The smallest absolute Gasteiger partial charge is 0.163 e. The predicted molar refractivity (Wildman–Crippen MR) is 78.7 cm³/mol. The van der Waals surface area contributed by atoms with Crippen LogP contribution in [0.3, 0.4) is 0 Å². The Hall–Kier alpha value is -1.19. The molecule has 0 saturated heterocycles. The Balaban J connectivity index is 1.99. The van der Waals surface area contributed by atoms with Gasteiger partial charge in [-0.3, -0.25) is 0 Å². The second-order valence-electron chi connectivity index (χ2n) is 5.05. The number of halogens is 3. The van der Waals surface area contributed by atoms with Crippen molar-refractivity contribution in [2.45, 2.75) is 31.6 Å². The molecule has 0 N–H and O–H groups in total. The van der Waals surface area contributed by atoms with Crippen LogP contribution in [-0.2, 0) is 0 Å². The summed E-state index contributed by atoms with van der Waals surface area (Å²) in [6, 6.07) is 4.31. The van der Waals surface area contributed by atoms with Gasteiger partial charge < -0.3 is 0 Å². The molecule has 1 aliphatic carbocycles. The van der Waals surface area contributed by atoms with E-state index in [4.69, 9.17) is 23.2 Å². The Morgan fingerprint density at radius 2 is 1.90 bits per heavy atom. The third-order valence-electron chi connectivity index (χ3n) is 3.73. The summed E-state index contributed by atoms with van der Waals surface area (Å²) in [5, 5.41) is 0.863. The lowest BCUT2D eigenvalue weighted by atomic mass is 10.0. The molecule has 0 spiro atoms. The van der Waals surface area contributed by atoms with Crippen molar-refractivity contribution in [2.75, 3.05) is 0 Å². The van der Waals surface area contributed by atoms with Crippen molar-refractivity contribution in [2.24, 2.45) is 0 Å². The predicted octanol–water partition coefficient (Wildman–Crippen LogP) is 5.25. The highest BCUT2D eigenvalue weighted by Gasteiger charge is 2.21. The highest BCUT2D eigenvalue weighted by Crippen LogP contribution is 2.37. The van der Waals surface area contributed by atoms with Crippen LogP contribution in [0.15, 0.2) is 24.4 Å². The lowest BCUT2D eigenvalue weighted by molar-refractivity contribution is 0.629. The maximum Gasteiger partial charge on any atom is 0.163 e. The number of hydrogen-bond acceptors (Lipinski definition) is 2. The van der Waals surface area contributed by atoms with Gasteiger partial charge in [-0.05, 0) is 37.0 Å². The van der Waals surface area contributed by atoms with Gasteiger partial charge in [-0.1, -0.05) is 36.0 Å². The Bertz CT molecular complexity index is 640. The number of benzene rings is 1. The van der Waals surface area contributed by atoms with Crippen LogP contribution in [0.1, 0.15) is 37.2 Å². The van der Waals surface area contributed by atoms with Crippen LogP contribution in [0.25, 0.3) is 11.4 Å². The average Bonchev–Trinajstić information content (AvgIpc) is 2.95. The summed E-state index contributed by atoms with van der Waals surface area (Å²) < 4.78 is 13.8. The summed E-state index contributed by atoms with van der Waals surface area (Å²) in [5.74, 6) is 0.302. The van der Waals surface area contributed by atoms with Gasteiger partial charge in [-0.15, -0.1) is 0 Å². The normalized spacial score (nSPS) is 15.8. The van der Waals surface area contributed by atoms with E-state index in [9.17, 15) is 4.39 Å². The molecule has 2 aromatic rings. The molecule has 1 aromatic heterocycles. The molecule has 104 valence electrons. The van der Waals surface area contributed by atoms with Gasteiger partial charge in [-0.25, -0.2) is 14.4 Å². The van der Waals surface area contributed by atoms with Gasteiger partial charge >= 0.3 is 0 Å². The fraction of sp³-hybridized carbons (Fsp3) is 0.333. The molecule has 0 atom stereocenters. The van der Waals surface area contributed by atoms with E-state index >= 15 is 0 Å². The molecule has 0 unspecified atom stereocenters. The van der Waals surface area contributed by atoms with Crippen molar-refractivity contribution in [3.05, 3.63) is 46.0 Å². The molecule has 1 aliphatic rings. The van der Waals surface area contributed by atoms with E-state index in [-0.39, 0.29) is 11.4 Å². The van der Waals surface area contributed by atoms with Gasteiger partial charge in [0.05, 0.1) is 5.56 Å². The van der Waals surface area contributed by atoms with E-state index in [1.807, 2.05) is 0 Å². The zero-order chi connectivity index (χ0) is 14.1. The van der Waals surface area contributed by atoms with Gasteiger partial charge in [0.15, 0.2) is 5.82 Å². The molecular formula is C15H13Cl2FN2. The van der Waals surface area contributed by atoms with Gasteiger partial charge in [-0.2, -0.15) is 0 Å². The van der Waals surface area contributed by atoms with E-state index in [0.29, 0.717) is 16.1 Å². The molecule has 20 heavy (non-hydrogen) atoms. The molecule has 1 heterocycles. The minimum Gasteiger partial charge on any atom is -0.236 e. The van der Waals surface area contributed by atoms with Gasteiger partial charge in [0.2, 0.25) is 0 Å². The van der Waals surface area contributed by atoms with Crippen LogP contribution < -0.4 is 0 Å². The third-order valence-corrected chi connectivity index (χ3v) is 4.27. The SMILES string of the molecule is Fc1ccc(Cl)cc1-c1ncc(C2CCCC2)c(Cl)n1. The zero-order valence-corrected chi connectivity index (χ0v) is 12.3. The van der Waals surface area contributed by atoms with E-state index in [1.165, 1.54) is 31.0 Å². The Morgan fingerprint density at radius 1 is 1.15 bits per heavy atom. The minimum absolute atomic E-state index is 0.275. The zero-order valence-electron chi connectivity index (χ0n) is 10.7. The first kappa shape index (κ1) is 13.8. The lowest BCUT2D eigenvalue weighted by Gasteiger charge is -2.11. The van der Waals surface area contributed by atoms with Crippen molar-refractivity contribution in [3.8, 4) is 11.4 Å². The van der Waals surface area contributed by atoms with Crippen LogP contribution in [0.5, 0.6) is 0 Å². The Labute approximate surface area is 127 Å². The van der Waals surface area contributed by atoms with E-state index in [0.717, 1.165) is 18.4 Å². The molecule has 1 saturated carbocycles. The first-order valence-corrected chi connectivity index (χ1v) is 7.38. The third kappa shape index (κ3) is 2.65. The maximum absolute atomic E-state index is 13.8. The van der Waals surface area contributed by atoms with Crippen molar-refractivity contribution in [1.29, 1.82) is 0 Å². The molecule has 0 radical (unpaired) electrons. The largest absolute Gasteiger partial charge is 0.236 e. The van der Waals surface area contributed by atoms with Crippen LogP contribution >= 0.6 is 23.2 Å². The summed E-state index contributed by atoms with van der Waals surface area (Å²) in [5.41, 5.74) is 1.24. The Kier molecular flexibility index (Phi) is 3.90. The average molecular weight is 311 g/mol. The monoisotopic (exact) mass is 310 g/mol. The highest BCUT2D eigenvalue weighted by molar-refractivity contribution is 6.31. The highest BCUT2D eigenvalue weighted by atomic mass is 35.5. The first-order chi connectivity index (χ1) is 9.65. The number of aromatic nitrogens is 2. The molecule has 1 fully saturated rings. The molecule has 2 nitrogen and oxygen atoms in total. The summed E-state index contributed by atoms with van der Waals surface area (Å²) in [7, 11) is 0. The van der Waals surface area contributed by atoms with Crippen molar-refractivity contribution in [1.82, 2.24) is 9.97 Å². The second kappa shape index (κ2) is 5.66. The van der Waals surface area contributed by atoms with Gasteiger partial charge in [0.1, 0.15) is 11.0 Å². The fourth-order valence-corrected chi connectivity index (χ4v) is 3.13. The summed E-state index contributed by atoms with van der Waals surface area (Å²) in [6.45, 7) is 0. The molecule has 5 heteroatoms. The first-order valence-electron chi connectivity index (χ1n) is 6.63. The summed E-state index contributed by atoms with van der Waals surface area (Å²) in [6.07, 6.45) is 6.39. The standard InChI is InChI=1S/C15H13Cl2FN2/c16-10-5-6-13(18)11(7-10)15-19-8-12(14(17)20-15)9-3-1-2-4-9/h5-9H,1-4H2. The number of rotatable bonds is 2. The lowest BCUT2D eigenvalue weighted by Crippen LogP contribution is -2.00. The van der Waals surface area contributed by atoms with Crippen LogP contribution in [0.2, 0.25) is 10.2 Å². The minimum atomic E-state index is -0.404. The molecule has 0 bridgehead atoms. The number of nitrogens with zero attached hydrogens (tertiary/aromatic N) is 2. The van der Waals surface area contributed by atoms with E-state index < -0.39 is 5.82 Å².